The highest BCUT2D eigenvalue weighted by Crippen LogP contribution is 2.28. The number of fused-ring (bicyclic) bond motifs is 1. The van der Waals surface area contributed by atoms with Crippen LogP contribution < -0.4 is 5.32 Å². The highest BCUT2D eigenvalue weighted by molar-refractivity contribution is 6.31. The molecule has 1 N–H and O–H groups in total. The summed E-state index contributed by atoms with van der Waals surface area (Å²) in [6, 6.07) is 4.42. The minimum atomic E-state index is 0.563. The van der Waals surface area contributed by atoms with Crippen LogP contribution in [0.2, 0.25) is 5.02 Å². The van der Waals surface area contributed by atoms with E-state index in [2.05, 4.69) is 31.3 Å². The minimum Gasteiger partial charge on any atom is -0.312 e. The third-order valence-electron chi connectivity index (χ3n) is 2.85. The van der Waals surface area contributed by atoms with Gasteiger partial charge in [0.1, 0.15) is 0 Å². The van der Waals surface area contributed by atoms with E-state index in [4.69, 9.17) is 11.6 Å². The topological polar surface area (TPSA) is 12.0 Å². The van der Waals surface area contributed by atoms with E-state index in [0.717, 1.165) is 24.5 Å². The van der Waals surface area contributed by atoms with Crippen LogP contribution in [0.25, 0.3) is 0 Å². The summed E-state index contributed by atoms with van der Waals surface area (Å²) in [5, 5.41) is 4.28. The van der Waals surface area contributed by atoms with Gasteiger partial charge in [0.2, 0.25) is 0 Å². The van der Waals surface area contributed by atoms with Crippen LogP contribution in [0, 0.1) is 0 Å². The fourth-order valence-corrected chi connectivity index (χ4v) is 2.22. The molecular formula is C12H16ClN. The van der Waals surface area contributed by atoms with Crippen molar-refractivity contribution in [2.24, 2.45) is 0 Å². The Morgan fingerprint density at radius 3 is 2.86 bits per heavy atom. The number of hydrogen-bond donors (Lipinski definition) is 1. The van der Waals surface area contributed by atoms with Crippen molar-refractivity contribution in [3.05, 3.63) is 33.8 Å². The molecule has 1 aliphatic heterocycles. The maximum absolute atomic E-state index is 6.25. The quantitative estimate of drug-likeness (QED) is 0.750. The third-order valence-corrected chi connectivity index (χ3v) is 3.19. The summed E-state index contributed by atoms with van der Waals surface area (Å²) in [5.74, 6) is 0.563. The zero-order valence-corrected chi connectivity index (χ0v) is 9.49. The van der Waals surface area contributed by atoms with Crippen LogP contribution in [-0.4, -0.2) is 6.54 Å². The van der Waals surface area contributed by atoms with Gasteiger partial charge in [0.25, 0.3) is 0 Å². The van der Waals surface area contributed by atoms with Gasteiger partial charge >= 0.3 is 0 Å². The van der Waals surface area contributed by atoms with Gasteiger partial charge in [0, 0.05) is 11.6 Å². The number of rotatable bonds is 1. The van der Waals surface area contributed by atoms with Crippen LogP contribution in [0.4, 0.5) is 0 Å². The Morgan fingerprint density at radius 2 is 2.14 bits per heavy atom. The van der Waals surface area contributed by atoms with E-state index < -0.39 is 0 Å². The van der Waals surface area contributed by atoms with Crippen LogP contribution >= 0.6 is 11.6 Å². The van der Waals surface area contributed by atoms with Gasteiger partial charge in [-0.2, -0.15) is 0 Å². The molecule has 0 radical (unpaired) electrons. The summed E-state index contributed by atoms with van der Waals surface area (Å²) in [4.78, 5) is 0. The second kappa shape index (κ2) is 3.92. The third kappa shape index (κ3) is 1.79. The normalized spacial score (nSPS) is 15.7. The second-order valence-corrected chi connectivity index (χ2v) is 4.63. The maximum atomic E-state index is 6.25. The molecule has 2 rings (SSSR count). The van der Waals surface area contributed by atoms with Crippen molar-refractivity contribution in [3.8, 4) is 0 Å². The van der Waals surface area contributed by atoms with Crippen LogP contribution in [0.1, 0.15) is 36.5 Å². The Balaban J connectivity index is 2.46. The summed E-state index contributed by atoms with van der Waals surface area (Å²) < 4.78 is 0. The van der Waals surface area contributed by atoms with E-state index in [-0.39, 0.29) is 0 Å². The lowest BCUT2D eigenvalue weighted by atomic mass is 9.94. The Kier molecular flexibility index (Phi) is 2.80. The molecule has 0 bridgehead atoms. The Morgan fingerprint density at radius 1 is 1.36 bits per heavy atom. The van der Waals surface area contributed by atoms with Crippen LogP contribution in [-0.2, 0) is 13.0 Å². The molecule has 1 aromatic carbocycles. The van der Waals surface area contributed by atoms with E-state index in [1.807, 2.05) is 0 Å². The van der Waals surface area contributed by atoms with E-state index in [0.29, 0.717) is 5.92 Å². The molecule has 1 nitrogen and oxygen atoms in total. The van der Waals surface area contributed by atoms with Gasteiger partial charge in [-0.05, 0) is 41.6 Å². The second-order valence-electron chi connectivity index (χ2n) is 4.22. The molecule has 0 spiro atoms. The summed E-state index contributed by atoms with van der Waals surface area (Å²) in [6.07, 6.45) is 1.11. The van der Waals surface area contributed by atoms with Crippen LogP contribution in [0.3, 0.4) is 0 Å². The zero-order chi connectivity index (χ0) is 10.1. The molecule has 14 heavy (non-hydrogen) atoms. The summed E-state index contributed by atoms with van der Waals surface area (Å²) in [5.41, 5.74) is 4.08. The van der Waals surface area contributed by atoms with E-state index >= 15 is 0 Å². The molecule has 1 aliphatic rings. The fourth-order valence-electron chi connectivity index (χ4n) is 1.91. The molecular weight excluding hydrogens is 194 g/mol. The standard InChI is InChI=1S/C12H16ClN/c1-8(2)10-5-9-3-4-14-7-11(9)12(13)6-10/h5-6,8,14H,3-4,7H2,1-2H3. The van der Waals surface area contributed by atoms with Crippen molar-refractivity contribution in [2.45, 2.75) is 32.7 Å². The minimum absolute atomic E-state index is 0.563. The molecule has 0 aromatic heterocycles. The first-order chi connectivity index (χ1) is 6.68. The van der Waals surface area contributed by atoms with Gasteiger partial charge in [-0.25, -0.2) is 0 Å². The van der Waals surface area contributed by atoms with Gasteiger partial charge in [0.15, 0.2) is 0 Å². The molecule has 1 aromatic rings. The largest absolute Gasteiger partial charge is 0.312 e. The van der Waals surface area contributed by atoms with Gasteiger partial charge in [-0.15, -0.1) is 0 Å². The molecule has 0 unspecified atom stereocenters. The SMILES string of the molecule is CC(C)c1cc(Cl)c2c(c1)CCNC2. The Hall–Kier alpha value is -0.530. The predicted molar refractivity (Wildman–Crippen MR) is 61.0 cm³/mol. The monoisotopic (exact) mass is 209 g/mol. The first-order valence-corrected chi connectivity index (χ1v) is 5.58. The summed E-state index contributed by atoms with van der Waals surface area (Å²) >= 11 is 6.25. The number of halogens is 1. The van der Waals surface area contributed by atoms with Crippen molar-refractivity contribution in [3.63, 3.8) is 0 Å². The Labute approximate surface area is 90.5 Å². The lowest BCUT2D eigenvalue weighted by Crippen LogP contribution is -2.24. The van der Waals surface area contributed by atoms with Crippen LogP contribution in [0.5, 0.6) is 0 Å². The zero-order valence-electron chi connectivity index (χ0n) is 8.73. The number of hydrogen-bond acceptors (Lipinski definition) is 1. The van der Waals surface area contributed by atoms with Crippen molar-refractivity contribution in [1.82, 2.24) is 5.32 Å². The Bertz CT molecular complexity index is 344. The van der Waals surface area contributed by atoms with Gasteiger partial charge in [-0.3, -0.25) is 0 Å². The maximum Gasteiger partial charge on any atom is 0.0456 e. The van der Waals surface area contributed by atoms with Crippen molar-refractivity contribution >= 4 is 11.6 Å². The van der Waals surface area contributed by atoms with Crippen molar-refractivity contribution in [2.75, 3.05) is 6.54 Å². The average molecular weight is 210 g/mol. The van der Waals surface area contributed by atoms with E-state index in [9.17, 15) is 0 Å². The molecule has 0 amide bonds. The highest BCUT2D eigenvalue weighted by atomic mass is 35.5. The lowest BCUT2D eigenvalue weighted by Gasteiger charge is -2.20. The number of benzene rings is 1. The van der Waals surface area contributed by atoms with Gasteiger partial charge in [-0.1, -0.05) is 31.5 Å². The molecule has 0 fully saturated rings. The van der Waals surface area contributed by atoms with Crippen molar-refractivity contribution in [1.29, 1.82) is 0 Å². The summed E-state index contributed by atoms with van der Waals surface area (Å²) in [7, 11) is 0. The first-order valence-electron chi connectivity index (χ1n) is 5.20. The average Bonchev–Trinajstić information content (AvgIpc) is 2.17. The van der Waals surface area contributed by atoms with E-state index in [1.54, 1.807) is 0 Å². The van der Waals surface area contributed by atoms with Gasteiger partial charge in [0.05, 0.1) is 0 Å². The molecule has 0 aliphatic carbocycles. The fraction of sp³-hybridized carbons (Fsp3) is 0.500. The molecule has 76 valence electrons. The molecule has 0 saturated carbocycles. The lowest BCUT2D eigenvalue weighted by molar-refractivity contribution is 0.642. The molecule has 0 atom stereocenters. The first kappa shape index (κ1) is 10.0. The van der Waals surface area contributed by atoms with Gasteiger partial charge < -0.3 is 5.32 Å². The molecule has 0 saturated heterocycles. The molecule has 1 heterocycles. The summed E-state index contributed by atoms with van der Waals surface area (Å²) in [6.45, 7) is 6.41. The predicted octanol–water partition coefficient (Wildman–Crippen LogP) is 3.11. The smallest absolute Gasteiger partial charge is 0.0456 e. The van der Waals surface area contributed by atoms with Crippen LogP contribution in [0.15, 0.2) is 12.1 Å². The number of nitrogens with one attached hydrogen (secondary N) is 1. The van der Waals surface area contributed by atoms with Crippen molar-refractivity contribution < 1.29 is 0 Å². The molecule has 2 heteroatoms. The van der Waals surface area contributed by atoms with E-state index in [1.165, 1.54) is 16.7 Å². The highest BCUT2D eigenvalue weighted by Gasteiger charge is 2.14.